The Kier molecular flexibility index (Phi) is 3.65. The van der Waals surface area contributed by atoms with Crippen LogP contribution in [0.2, 0.25) is 0 Å². The van der Waals surface area contributed by atoms with Crippen LogP contribution in [0.5, 0.6) is 5.75 Å². The Labute approximate surface area is 141 Å². The first-order valence-corrected chi connectivity index (χ1v) is 8.18. The SMILES string of the molecule is CC(=N)Nc1ccc2nc(-c3ccc4c(c3)CCCO4)ccc2c1. The van der Waals surface area contributed by atoms with Crippen LogP contribution in [-0.4, -0.2) is 17.4 Å². The van der Waals surface area contributed by atoms with Crippen LogP contribution in [0.3, 0.4) is 0 Å². The summed E-state index contributed by atoms with van der Waals surface area (Å²) in [6.07, 6.45) is 2.14. The summed E-state index contributed by atoms with van der Waals surface area (Å²) >= 11 is 0. The summed E-state index contributed by atoms with van der Waals surface area (Å²) in [5.74, 6) is 1.43. The Balaban J connectivity index is 1.71. The third-order valence-corrected chi connectivity index (χ3v) is 4.23. The number of hydrogen-bond acceptors (Lipinski definition) is 3. The highest BCUT2D eigenvalue weighted by Crippen LogP contribution is 2.30. The number of pyridine rings is 1. The lowest BCUT2D eigenvalue weighted by Crippen LogP contribution is -2.08. The molecule has 0 bridgehead atoms. The highest BCUT2D eigenvalue weighted by molar-refractivity contribution is 5.94. The number of aromatic nitrogens is 1. The van der Waals surface area contributed by atoms with E-state index in [1.165, 1.54) is 5.56 Å². The summed E-state index contributed by atoms with van der Waals surface area (Å²) < 4.78 is 5.68. The lowest BCUT2D eigenvalue weighted by Gasteiger charge is -2.17. The summed E-state index contributed by atoms with van der Waals surface area (Å²) in [5.41, 5.74) is 5.23. The Bertz CT molecular complexity index is 933. The van der Waals surface area contributed by atoms with Gasteiger partial charge < -0.3 is 10.1 Å². The van der Waals surface area contributed by atoms with Crippen LogP contribution in [0.1, 0.15) is 18.9 Å². The molecule has 4 nitrogen and oxygen atoms in total. The lowest BCUT2D eigenvalue weighted by molar-refractivity contribution is 0.288. The molecule has 4 heteroatoms. The molecule has 1 aliphatic heterocycles. The van der Waals surface area contributed by atoms with Crippen LogP contribution >= 0.6 is 0 Å². The van der Waals surface area contributed by atoms with Gasteiger partial charge in [-0.05, 0) is 67.8 Å². The van der Waals surface area contributed by atoms with Crippen LogP contribution in [0.25, 0.3) is 22.2 Å². The molecule has 2 aromatic carbocycles. The highest BCUT2D eigenvalue weighted by Gasteiger charge is 2.12. The van der Waals surface area contributed by atoms with Crippen molar-refractivity contribution in [2.24, 2.45) is 0 Å². The maximum absolute atomic E-state index is 7.53. The monoisotopic (exact) mass is 317 g/mol. The van der Waals surface area contributed by atoms with E-state index in [0.717, 1.165) is 53.0 Å². The molecule has 0 aliphatic carbocycles. The zero-order valence-electron chi connectivity index (χ0n) is 13.6. The minimum Gasteiger partial charge on any atom is -0.493 e. The van der Waals surface area contributed by atoms with E-state index in [-0.39, 0.29) is 0 Å². The molecule has 0 spiro atoms. The van der Waals surface area contributed by atoms with Gasteiger partial charge in [-0.15, -0.1) is 0 Å². The van der Waals surface area contributed by atoms with Crippen LogP contribution in [0.15, 0.2) is 48.5 Å². The topological polar surface area (TPSA) is 58.0 Å². The van der Waals surface area contributed by atoms with E-state index in [2.05, 4.69) is 35.6 Å². The standard InChI is InChI=1S/C20H19N3O/c1-13(21)22-17-6-8-19-15(12-17)4-7-18(23-19)14-5-9-20-16(11-14)3-2-10-24-20/h4-9,11-12H,2-3,10H2,1H3,(H2,21,22). The molecule has 2 N–H and O–H groups in total. The van der Waals surface area contributed by atoms with Crippen LogP contribution < -0.4 is 10.1 Å². The number of anilines is 1. The summed E-state index contributed by atoms with van der Waals surface area (Å²) in [6, 6.07) is 16.4. The molecule has 0 fully saturated rings. The normalized spacial score (nSPS) is 13.2. The van der Waals surface area contributed by atoms with Crippen molar-refractivity contribution in [3.8, 4) is 17.0 Å². The van der Waals surface area contributed by atoms with Gasteiger partial charge in [-0.2, -0.15) is 0 Å². The quantitative estimate of drug-likeness (QED) is 0.535. The molecule has 24 heavy (non-hydrogen) atoms. The first kappa shape index (κ1) is 14.7. The molecule has 3 aromatic rings. The Hall–Kier alpha value is -2.88. The second kappa shape index (κ2) is 5.96. The third-order valence-electron chi connectivity index (χ3n) is 4.23. The summed E-state index contributed by atoms with van der Waals surface area (Å²) in [6.45, 7) is 2.54. The fourth-order valence-corrected chi connectivity index (χ4v) is 3.10. The molecule has 2 heterocycles. The molecule has 0 saturated carbocycles. The number of benzene rings is 2. The number of amidine groups is 1. The zero-order valence-corrected chi connectivity index (χ0v) is 13.6. The summed E-state index contributed by atoms with van der Waals surface area (Å²) in [5, 5.41) is 11.6. The second-order valence-corrected chi connectivity index (χ2v) is 6.13. The highest BCUT2D eigenvalue weighted by atomic mass is 16.5. The summed E-state index contributed by atoms with van der Waals surface area (Å²) in [7, 11) is 0. The fourth-order valence-electron chi connectivity index (χ4n) is 3.10. The molecule has 0 unspecified atom stereocenters. The molecule has 120 valence electrons. The van der Waals surface area contributed by atoms with Crippen molar-refractivity contribution < 1.29 is 4.74 Å². The molecule has 1 aromatic heterocycles. The van der Waals surface area contributed by atoms with Crippen LogP contribution in [-0.2, 0) is 6.42 Å². The molecule has 4 rings (SSSR count). The van der Waals surface area contributed by atoms with Crippen LogP contribution in [0.4, 0.5) is 5.69 Å². The van der Waals surface area contributed by atoms with Crippen molar-refractivity contribution in [1.29, 1.82) is 5.41 Å². The fraction of sp³-hybridized carbons (Fsp3) is 0.200. The van der Waals surface area contributed by atoms with E-state index >= 15 is 0 Å². The van der Waals surface area contributed by atoms with Gasteiger partial charge in [-0.1, -0.05) is 6.07 Å². The number of nitrogens with one attached hydrogen (secondary N) is 2. The van der Waals surface area contributed by atoms with Gasteiger partial charge in [0.15, 0.2) is 0 Å². The Morgan fingerprint density at radius 3 is 2.92 bits per heavy atom. The molecule has 0 radical (unpaired) electrons. The van der Waals surface area contributed by atoms with E-state index in [4.69, 9.17) is 15.1 Å². The number of fused-ring (bicyclic) bond motifs is 2. The van der Waals surface area contributed by atoms with Gasteiger partial charge in [0.1, 0.15) is 5.75 Å². The summed E-state index contributed by atoms with van der Waals surface area (Å²) in [4.78, 5) is 4.79. The van der Waals surface area contributed by atoms with Crippen molar-refractivity contribution in [2.45, 2.75) is 19.8 Å². The molecular weight excluding hydrogens is 298 g/mol. The maximum Gasteiger partial charge on any atom is 0.122 e. The number of rotatable bonds is 2. The van der Waals surface area contributed by atoms with Crippen LogP contribution in [0, 0.1) is 5.41 Å². The predicted molar refractivity (Wildman–Crippen MR) is 98.0 cm³/mol. The average Bonchev–Trinajstić information content (AvgIpc) is 2.60. The molecule has 0 amide bonds. The van der Waals surface area contributed by atoms with Crippen molar-refractivity contribution in [1.82, 2.24) is 4.98 Å². The van der Waals surface area contributed by atoms with Gasteiger partial charge in [0.05, 0.1) is 23.7 Å². The maximum atomic E-state index is 7.53. The van der Waals surface area contributed by atoms with Crippen molar-refractivity contribution in [2.75, 3.05) is 11.9 Å². The minimum absolute atomic E-state index is 0.426. The van der Waals surface area contributed by atoms with Gasteiger partial charge >= 0.3 is 0 Å². The van der Waals surface area contributed by atoms with E-state index in [1.54, 1.807) is 6.92 Å². The van der Waals surface area contributed by atoms with Gasteiger partial charge in [0, 0.05) is 16.6 Å². The molecule has 1 aliphatic rings. The lowest BCUT2D eigenvalue weighted by atomic mass is 10.0. The largest absolute Gasteiger partial charge is 0.493 e. The molecular formula is C20H19N3O. The first-order chi connectivity index (χ1) is 11.7. The number of aryl methyl sites for hydroxylation is 1. The van der Waals surface area contributed by atoms with Crippen molar-refractivity contribution in [3.05, 3.63) is 54.1 Å². The third kappa shape index (κ3) is 2.83. The van der Waals surface area contributed by atoms with E-state index in [0.29, 0.717) is 5.84 Å². The zero-order chi connectivity index (χ0) is 16.5. The van der Waals surface area contributed by atoms with Crippen molar-refractivity contribution >= 4 is 22.4 Å². The van der Waals surface area contributed by atoms with Gasteiger partial charge in [0.2, 0.25) is 0 Å². The van der Waals surface area contributed by atoms with E-state index in [1.807, 2.05) is 18.2 Å². The average molecular weight is 317 g/mol. The second-order valence-electron chi connectivity index (χ2n) is 6.13. The Morgan fingerprint density at radius 2 is 2.04 bits per heavy atom. The predicted octanol–water partition coefficient (Wildman–Crippen LogP) is 4.64. The van der Waals surface area contributed by atoms with Gasteiger partial charge in [0.25, 0.3) is 0 Å². The van der Waals surface area contributed by atoms with Gasteiger partial charge in [-0.3, -0.25) is 5.41 Å². The smallest absolute Gasteiger partial charge is 0.122 e. The number of hydrogen-bond donors (Lipinski definition) is 2. The Morgan fingerprint density at radius 1 is 1.12 bits per heavy atom. The molecule has 0 saturated heterocycles. The number of ether oxygens (including phenoxy) is 1. The van der Waals surface area contributed by atoms with Crippen molar-refractivity contribution in [3.63, 3.8) is 0 Å². The minimum atomic E-state index is 0.426. The van der Waals surface area contributed by atoms with E-state index in [9.17, 15) is 0 Å². The first-order valence-electron chi connectivity index (χ1n) is 8.18. The van der Waals surface area contributed by atoms with E-state index < -0.39 is 0 Å². The number of nitrogens with zero attached hydrogens (tertiary/aromatic N) is 1. The molecule has 0 atom stereocenters. The van der Waals surface area contributed by atoms with Gasteiger partial charge in [-0.25, -0.2) is 4.98 Å².